The second-order valence-electron chi connectivity index (χ2n) is 11.4. The largest absolute Gasteiger partial charge is 0.444 e. The second-order valence-corrected chi connectivity index (χ2v) is 11.4. The lowest BCUT2D eigenvalue weighted by atomic mass is 9.96. The van der Waals surface area contributed by atoms with E-state index in [1.165, 1.54) is 39.1 Å². The third kappa shape index (κ3) is 6.51. The molecule has 37 heavy (non-hydrogen) atoms. The monoisotopic (exact) mass is 499 g/mol. The van der Waals surface area contributed by atoms with E-state index in [4.69, 9.17) is 4.74 Å². The Morgan fingerprint density at radius 2 is 1.59 bits per heavy atom. The molecular formula is C32H41N3O2. The molecule has 2 heterocycles. The van der Waals surface area contributed by atoms with Crippen molar-refractivity contribution in [1.82, 2.24) is 9.88 Å². The fourth-order valence-electron chi connectivity index (χ4n) is 5.11. The quantitative estimate of drug-likeness (QED) is 0.367. The van der Waals surface area contributed by atoms with Crippen LogP contribution in [0.4, 0.5) is 10.5 Å². The molecule has 1 aliphatic rings. The highest BCUT2D eigenvalue weighted by Gasteiger charge is 2.30. The molecule has 0 radical (unpaired) electrons. The lowest BCUT2D eigenvalue weighted by molar-refractivity contribution is 0.0204. The highest BCUT2D eigenvalue weighted by Crippen LogP contribution is 2.30. The van der Waals surface area contributed by atoms with Gasteiger partial charge in [0.2, 0.25) is 0 Å². The Bertz CT molecular complexity index is 1230. The van der Waals surface area contributed by atoms with E-state index in [-0.39, 0.29) is 6.09 Å². The van der Waals surface area contributed by atoms with Gasteiger partial charge in [-0.3, -0.25) is 4.98 Å². The van der Waals surface area contributed by atoms with Crippen molar-refractivity contribution in [2.24, 2.45) is 0 Å². The number of piperidine rings is 1. The molecule has 0 N–H and O–H groups in total. The van der Waals surface area contributed by atoms with Crippen LogP contribution in [0.3, 0.4) is 0 Å². The highest BCUT2D eigenvalue weighted by atomic mass is 16.6. The van der Waals surface area contributed by atoms with Crippen molar-refractivity contribution in [3.63, 3.8) is 0 Å². The fourth-order valence-corrected chi connectivity index (χ4v) is 5.11. The third-order valence-corrected chi connectivity index (χ3v) is 7.39. The number of hydrogen-bond donors (Lipinski definition) is 0. The van der Waals surface area contributed by atoms with Crippen molar-refractivity contribution in [3.05, 3.63) is 82.7 Å². The Morgan fingerprint density at radius 1 is 0.946 bits per heavy atom. The number of aromatic nitrogens is 1. The maximum Gasteiger partial charge on any atom is 0.410 e. The van der Waals surface area contributed by atoms with Crippen molar-refractivity contribution in [3.8, 4) is 11.1 Å². The Kier molecular flexibility index (Phi) is 7.91. The van der Waals surface area contributed by atoms with Gasteiger partial charge < -0.3 is 14.5 Å². The van der Waals surface area contributed by atoms with Crippen LogP contribution in [0.2, 0.25) is 0 Å². The summed E-state index contributed by atoms with van der Waals surface area (Å²) in [6.45, 7) is 16.6. The number of para-hydroxylation sites is 1. The fraction of sp³-hybridized carbons (Fsp3) is 0.438. The molecule has 3 aromatic rings. The number of ether oxygens (including phenoxy) is 1. The van der Waals surface area contributed by atoms with Crippen LogP contribution in [0.1, 0.15) is 61.4 Å². The molecule has 1 amide bonds. The van der Waals surface area contributed by atoms with Gasteiger partial charge >= 0.3 is 6.09 Å². The van der Waals surface area contributed by atoms with Gasteiger partial charge in [-0.2, -0.15) is 0 Å². The molecule has 0 aliphatic carbocycles. The number of amides is 1. The first-order valence-corrected chi connectivity index (χ1v) is 13.3. The molecular weight excluding hydrogens is 458 g/mol. The molecule has 1 saturated heterocycles. The first-order chi connectivity index (χ1) is 17.5. The van der Waals surface area contributed by atoms with Crippen molar-refractivity contribution in [1.29, 1.82) is 0 Å². The van der Waals surface area contributed by atoms with E-state index in [0.717, 1.165) is 24.9 Å². The average Bonchev–Trinajstić information content (AvgIpc) is 2.85. The summed E-state index contributed by atoms with van der Waals surface area (Å²) in [7, 11) is 0. The Hall–Kier alpha value is -3.34. The lowest BCUT2D eigenvalue weighted by Gasteiger charge is -2.40. The van der Waals surface area contributed by atoms with E-state index in [2.05, 4.69) is 80.0 Å². The Balaban J connectivity index is 1.57. The first-order valence-electron chi connectivity index (χ1n) is 13.3. The second kappa shape index (κ2) is 11.0. The minimum atomic E-state index is -0.479. The zero-order valence-electron chi connectivity index (χ0n) is 23.5. The van der Waals surface area contributed by atoms with E-state index in [9.17, 15) is 4.79 Å². The molecule has 5 heteroatoms. The van der Waals surface area contributed by atoms with Crippen molar-refractivity contribution in [2.45, 2.75) is 79.5 Å². The number of anilines is 1. The van der Waals surface area contributed by atoms with Gasteiger partial charge in [0.05, 0.1) is 0 Å². The number of nitrogens with zero attached hydrogens (tertiary/aromatic N) is 3. The van der Waals surface area contributed by atoms with Gasteiger partial charge in [0.1, 0.15) is 5.60 Å². The van der Waals surface area contributed by atoms with E-state index in [0.29, 0.717) is 19.1 Å². The minimum Gasteiger partial charge on any atom is -0.444 e. The minimum absolute atomic E-state index is 0.214. The summed E-state index contributed by atoms with van der Waals surface area (Å²) in [5, 5.41) is 0. The molecule has 0 unspecified atom stereocenters. The molecule has 0 spiro atoms. The van der Waals surface area contributed by atoms with Crippen molar-refractivity contribution in [2.75, 3.05) is 18.0 Å². The number of aryl methyl sites for hydroxylation is 3. The molecule has 5 nitrogen and oxygen atoms in total. The zero-order chi connectivity index (χ0) is 26.7. The molecule has 0 bridgehead atoms. The van der Waals surface area contributed by atoms with E-state index in [1.54, 1.807) is 0 Å². The van der Waals surface area contributed by atoms with Crippen LogP contribution < -0.4 is 4.90 Å². The maximum atomic E-state index is 12.6. The summed E-state index contributed by atoms with van der Waals surface area (Å²) in [5.74, 6) is 0. The van der Waals surface area contributed by atoms with Crippen LogP contribution >= 0.6 is 0 Å². The van der Waals surface area contributed by atoms with Crippen molar-refractivity contribution >= 4 is 11.8 Å². The molecule has 1 aromatic heterocycles. The van der Waals surface area contributed by atoms with Gasteiger partial charge in [0.25, 0.3) is 0 Å². The molecule has 1 fully saturated rings. The third-order valence-electron chi connectivity index (χ3n) is 7.39. The van der Waals surface area contributed by atoms with E-state index < -0.39 is 5.60 Å². The number of carbonyl (C=O) groups excluding carboxylic acids is 1. The summed E-state index contributed by atoms with van der Waals surface area (Å²) in [5.41, 5.74) is 9.51. The number of carbonyl (C=O) groups is 1. The Morgan fingerprint density at radius 3 is 2.22 bits per heavy atom. The number of benzene rings is 2. The summed E-state index contributed by atoms with van der Waals surface area (Å²) in [6, 6.07) is 15.7. The number of pyridine rings is 1. The summed E-state index contributed by atoms with van der Waals surface area (Å²) < 4.78 is 5.62. The molecule has 0 saturated carbocycles. The molecule has 1 aliphatic heterocycles. The molecule has 2 aromatic carbocycles. The van der Waals surface area contributed by atoms with Crippen LogP contribution in [0.25, 0.3) is 11.1 Å². The predicted molar refractivity (Wildman–Crippen MR) is 152 cm³/mol. The van der Waals surface area contributed by atoms with Crippen LogP contribution in [0, 0.1) is 27.7 Å². The number of likely N-dealkylation sites (tertiary alicyclic amines) is 1. The molecule has 4 rings (SSSR count). The van der Waals surface area contributed by atoms with Crippen molar-refractivity contribution < 1.29 is 9.53 Å². The van der Waals surface area contributed by atoms with E-state index >= 15 is 0 Å². The zero-order valence-corrected chi connectivity index (χ0v) is 23.5. The highest BCUT2D eigenvalue weighted by molar-refractivity contribution is 5.68. The van der Waals surface area contributed by atoms with Crippen LogP contribution in [0.15, 0.2) is 54.9 Å². The van der Waals surface area contributed by atoms with Gasteiger partial charge in [-0.15, -0.1) is 0 Å². The normalized spacial score (nSPS) is 14.5. The maximum absolute atomic E-state index is 12.6. The average molecular weight is 500 g/mol. The van der Waals surface area contributed by atoms with E-state index in [1.807, 2.05) is 38.1 Å². The topological polar surface area (TPSA) is 45.7 Å². The SMILES string of the molecule is Cc1ccccc1N(Cc1cncc(-c2cc(C)c(C)c(C)c2)c1)C1CCN(C(=O)OC(C)(C)C)CC1. The van der Waals surface area contributed by atoms with Gasteiger partial charge in [-0.1, -0.05) is 30.3 Å². The summed E-state index contributed by atoms with van der Waals surface area (Å²) in [6.07, 6.45) is 5.53. The number of hydrogen-bond acceptors (Lipinski definition) is 4. The predicted octanol–water partition coefficient (Wildman–Crippen LogP) is 7.39. The van der Waals surface area contributed by atoms with Gasteiger partial charge in [-0.25, -0.2) is 4.79 Å². The lowest BCUT2D eigenvalue weighted by Crippen LogP contribution is -2.48. The molecule has 0 atom stereocenters. The van der Waals surface area contributed by atoms with Crippen LogP contribution in [-0.4, -0.2) is 40.7 Å². The molecule has 196 valence electrons. The summed E-state index contributed by atoms with van der Waals surface area (Å²) >= 11 is 0. The summed E-state index contributed by atoms with van der Waals surface area (Å²) in [4.78, 5) is 21.6. The van der Waals surface area contributed by atoms with Crippen LogP contribution in [0.5, 0.6) is 0 Å². The van der Waals surface area contributed by atoms with Gasteiger partial charge in [0.15, 0.2) is 0 Å². The Labute approximate surface area is 222 Å². The first kappa shape index (κ1) is 26.7. The number of rotatable bonds is 5. The van der Waals surface area contributed by atoms with Gasteiger partial charge in [-0.05, 0) is 107 Å². The smallest absolute Gasteiger partial charge is 0.410 e. The standard InChI is InChI=1S/C32H41N3O2/c1-22-10-8-9-11-30(22)35(29-12-14-34(15-13-29)31(36)37-32(5,6)7)21-26-18-28(20-33-19-26)27-16-23(2)25(4)24(3)17-27/h8-11,16-20,29H,12-15,21H2,1-7H3. The van der Waals surface area contributed by atoms with Crippen LogP contribution in [-0.2, 0) is 11.3 Å². The van der Waals surface area contributed by atoms with Gasteiger partial charge in [0, 0.05) is 49.3 Å².